The van der Waals surface area contributed by atoms with E-state index < -0.39 is 0 Å². The summed E-state index contributed by atoms with van der Waals surface area (Å²) in [7, 11) is 1.54. The fraction of sp³-hybridized carbons (Fsp3) is 0.568. The van der Waals surface area contributed by atoms with Crippen LogP contribution in [-0.4, -0.2) is 23.8 Å². The van der Waals surface area contributed by atoms with E-state index in [1.54, 1.807) is 13.2 Å². The predicted molar refractivity (Wildman–Crippen MR) is 165 cm³/mol. The Bertz CT molecular complexity index is 1260. The number of methoxy groups -OCH3 is 1. The number of ketones is 2. The lowest BCUT2D eigenvalue weighted by molar-refractivity contribution is -0.130. The number of ether oxygens (including phenoxy) is 1. The van der Waals surface area contributed by atoms with Crippen LogP contribution in [0.15, 0.2) is 36.4 Å². The molecule has 0 heterocycles. The van der Waals surface area contributed by atoms with Crippen molar-refractivity contribution in [3.63, 3.8) is 0 Å². The zero-order chi connectivity index (χ0) is 29.4. The van der Waals surface area contributed by atoms with E-state index in [2.05, 4.69) is 56.9 Å². The van der Waals surface area contributed by atoms with Crippen molar-refractivity contribution in [2.24, 2.45) is 23.7 Å². The zero-order valence-corrected chi connectivity index (χ0v) is 25.5. The predicted octanol–water partition coefficient (Wildman–Crippen LogP) is 8.21. The highest BCUT2D eigenvalue weighted by molar-refractivity contribution is 6.00. The van der Waals surface area contributed by atoms with Gasteiger partial charge in [-0.2, -0.15) is 0 Å². The molecule has 4 atom stereocenters. The van der Waals surface area contributed by atoms with Gasteiger partial charge in [0.05, 0.1) is 19.4 Å². The number of benzene rings is 2. The van der Waals surface area contributed by atoms with Crippen molar-refractivity contribution in [2.45, 2.75) is 104 Å². The third-order valence-electron chi connectivity index (χ3n) is 9.15. The van der Waals surface area contributed by atoms with Crippen molar-refractivity contribution in [1.82, 2.24) is 0 Å². The van der Waals surface area contributed by atoms with Gasteiger partial charge in [-0.3, -0.25) is 9.59 Å². The number of carbonyl (C=O) groups excluding carboxylic acids is 2. The first-order valence-corrected chi connectivity index (χ1v) is 15.8. The molecule has 4 rings (SSSR count). The van der Waals surface area contributed by atoms with Crippen LogP contribution in [0.25, 0.3) is 0 Å². The first kappa shape index (κ1) is 30.9. The number of fused-ring (bicyclic) bond motifs is 2. The number of hydrogen-bond acceptors (Lipinski definition) is 4. The highest BCUT2D eigenvalue weighted by Gasteiger charge is 2.34. The molecule has 0 bridgehead atoms. The molecule has 0 aliphatic heterocycles. The van der Waals surface area contributed by atoms with E-state index in [4.69, 9.17) is 4.74 Å². The van der Waals surface area contributed by atoms with Crippen molar-refractivity contribution >= 4 is 11.6 Å². The van der Waals surface area contributed by atoms with E-state index >= 15 is 0 Å². The standard InChI is InChI=1S/C37H48O4/c1-5-6-10-26-11-9-13-28-18-20-32(31-14-8-7-12-27(31)16-15-25(2)3)33-24-36(40)37(41-4)22-29(33)17-19-30(38)23-35(39)34(28)21-26/h7-8,12,14,22,24-26,28,32,34,40H,5-6,9-11,13,15-17,19,21,23H2,1-4H3/t26-,28+,32-,34-/m0/s1. The molecule has 1 fully saturated rings. The Labute approximate surface area is 247 Å². The van der Waals surface area contributed by atoms with Crippen LogP contribution in [0, 0.1) is 35.5 Å². The van der Waals surface area contributed by atoms with Gasteiger partial charge in [0.25, 0.3) is 0 Å². The summed E-state index contributed by atoms with van der Waals surface area (Å²) in [5.74, 6) is 8.45. The average molecular weight is 557 g/mol. The number of phenolic OH excluding ortho intramolecular Hbond substituents is 1. The minimum absolute atomic E-state index is 0.00460. The molecule has 2 aromatic carbocycles. The summed E-state index contributed by atoms with van der Waals surface area (Å²) in [5, 5.41) is 10.9. The molecule has 0 amide bonds. The lowest BCUT2D eigenvalue weighted by Crippen LogP contribution is -2.26. The highest BCUT2D eigenvalue weighted by Crippen LogP contribution is 2.40. The molecule has 2 aliphatic carbocycles. The summed E-state index contributed by atoms with van der Waals surface area (Å²) in [6.45, 7) is 6.70. The van der Waals surface area contributed by atoms with Crippen molar-refractivity contribution < 1.29 is 19.4 Å². The summed E-state index contributed by atoms with van der Waals surface area (Å²) < 4.78 is 5.45. The minimum Gasteiger partial charge on any atom is -0.504 e. The third kappa shape index (κ3) is 8.03. The van der Waals surface area contributed by atoms with Crippen LogP contribution < -0.4 is 4.74 Å². The van der Waals surface area contributed by atoms with Crippen LogP contribution >= 0.6 is 0 Å². The van der Waals surface area contributed by atoms with Gasteiger partial charge in [0, 0.05) is 18.3 Å². The molecule has 4 heteroatoms. The van der Waals surface area contributed by atoms with E-state index in [1.165, 1.54) is 12.0 Å². The quantitative estimate of drug-likeness (QED) is 0.263. The van der Waals surface area contributed by atoms with E-state index in [0.29, 0.717) is 30.4 Å². The number of carbonyl (C=O) groups is 2. The monoisotopic (exact) mass is 556 g/mol. The smallest absolute Gasteiger partial charge is 0.160 e. The molecular weight excluding hydrogens is 508 g/mol. The van der Waals surface area contributed by atoms with Crippen molar-refractivity contribution in [3.8, 4) is 23.3 Å². The highest BCUT2D eigenvalue weighted by atomic mass is 16.5. The molecule has 1 saturated carbocycles. The number of hydrogen-bond donors (Lipinski definition) is 1. The number of phenols is 1. The Hall–Kier alpha value is -3.06. The maximum atomic E-state index is 13.7. The summed E-state index contributed by atoms with van der Waals surface area (Å²) in [6, 6.07) is 12.1. The van der Waals surface area contributed by atoms with Gasteiger partial charge in [0.1, 0.15) is 11.6 Å². The fourth-order valence-corrected chi connectivity index (χ4v) is 6.72. The van der Waals surface area contributed by atoms with E-state index in [1.807, 2.05) is 6.07 Å². The van der Waals surface area contributed by atoms with Gasteiger partial charge in [0.15, 0.2) is 11.5 Å². The summed E-state index contributed by atoms with van der Waals surface area (Å²) in [5.41, 5.74) is 4.28. The first-order valence-electron chi connectivity index (χ1n) is 15.8. The maximum absolute atomic E-state index is 13.7. The van der Waals surface area contributed by atoms with Crippen LogP contribution in [0.1, 0.15) is 113 Å². The molecule has 2 aromatic rings. The summed E-state index contributed by atoms with van der Waals surface area (Å²) in [4.78, 5) is 26.8. The molecule has 0 spiro atoms. The van der Waals surface area contributed by atoms with Gasteiger partial charge >= 0.3 is 0 Å². The minimum atomic E-state index is -0.269. The van der Waals surface area contributed by atoms with Gasteiger partial charge in [-0.1, -0.05) is 89.0 Å². The maximum Gasteiger partial charge on any atom is 0.160 e. The van der Waals surface area contributed by atoms with Gasteiger partial charge in [-0.15, -0.1) is 0 Å². The fourth-order valence-electron chi connectivity index (χ4n) is 6.72. The molecule has 0 radical (unpaired) electrons. The Morgan fingerprint density at radius 2 is 1.85 bits per heavy atom. The Morgan fingerprint density at radius 3 is 2.61 bits per heavy atom. The number of Topliss-reactive ketones (excluding diaryl/α,β-unsaturated/α-hetero) is 2. The lowest BCUT2D eigenvalue weighted by atomic mass is 9.78. The number of unbranched alkanes of at least 4 members (excludes halogenated alkanes) is 1. The average Bonchev–Trinajstić information content (AvgIpc) is 3.16. The molecule has 0 aromatic heterocycles. The molecule has 1 N–H and O–H groups in total. The van der Waals surface area contributed by atoms with Crippen LogP contribution in [0.2, 0.25) is 0 Å². The molecule has 0 saturated heterocycles. The Kier molecular flexibility index (Phi) is 11.1. The normalized spacial score (nSPS) is 23.3. The van der Waals surface area contributed by atoms with E-state index in [9.17, 15) is 14.7 Å². The van der Waals surface area contributed by atoms with Crippen LogP contribution in [0.3, 0.4) is 0 Å². The van der Waals surface area contributed by atoms with Crippen molar-refractivity contribution in [3.05, 3.63) is 58.7 Å². The molecule has 2 aliphatic rings. The molecule has 220 valence electrons. The Morgan fingerprint density at radius 1 is 1.05 bits per heavy atom. The third-order valence-corrected chi connectivity index (χ3v) is 9.15. The second kappa shape index (κ2) is 14.7. The lowest BCUT2D eigenvalue weighted by Gasteiger charge is -2.25. The Balaban J connectivity index is 1.86. The van der Waals surface area contributed by atoms with Crippen LogP contribution in [0.4, 0.5) is 0 Å². The van der Waals surface area contributed by atoms with Crippen molar-refractivity contribution in [2.75, 3.05) is 7.11 Å². The first-order chi connectivity index (χ1) is 19.8. The molecule has 41 heavy (non-hydrogen) atoms. The second-order valence-electron chi connectivity index (χ2n) is 12.6. The number of aromatic hydroxyl groups is 1. The molecule has 4 nitrogen and oxygen atoms in total. The van der Waals surface area contributed by atoms with Gasteiger partial charge in [0.2, 0.25) is 0 Å². The number of aryl methyl sites for hydroxylation is 2. The van der Waals surface area contributed by atoms with Gasteiger partial charge in [-0.05, 0) is 78.3 Å². The second-order valence-corrected chi connectivity index (χ2v) is 12.6. The SMILES string of the molecule is CCCC[C@H]1CCC[C@@H]2C#C[C@@H](c3ccccc3CCC(C)C)c3cc(O)c(OC)cc3CCC(=O)CC(=O)[C@H]2C1. The summed E-state index contributed by atoms with van der Waals surface area (Å²) >= 11 is 0. The summed E-state index contributed by atoms with van der Waals surface area (Å²) in [6.07, 6.45) is 10.2. The zero-order valence-electron chi connectivity index (χ0n) is 25.5. The largest absolute Gasteiger partial charge is 0.504 e. The topological polar surface area (TPSA) is 63.6 Å². The van der Waals surface area contributed by atoms with Crippen LogP contribution in [0.5, 0.6) is 11.5 Å². The molecule has 0 unspecified atom stereocenters. The number of rotatable bonds is 8. The van der Waals surface area contributed by atoms with Gasteiger partial charge in [-0.25, -0.2) is 0 Å². The van der Waals surface area contributed by atoms with E-state index in [-0.39, 0.29) is 41.5 Å². The molecular formula is C37H48O4. The van der Waals surface area contributed by atoms with Gasteiger partial charge < -0.3 is 9.84 Å². The van der Waals surface area contributed by atoms with Crippen molar-refractivity contribution in [1.29, 1.82) is 0 Å². The van der Waals surface area contributed by atoms with Crippen LogP contribution in [-0.2, 0) is 22.4 Å². The van der Waals surface area contributed by atoms with E-state index in [0.717, 1.165) is 68.1 Å².